The summed E-state index contributed by atoms with van der Waals surface area (Å²) < 4.78 is 6.82. The van der Waals surface area contributed by atoms with Gasteiger partial charge < -0.3 is 19.7 Å². The third-order valence-corrected chi connectivity index (χ3v) is 5.85. The second kappa shape index (κ2) is 9.78. The fraction of sp³-hybridized carbons (Fsp3) is 0.318. The molecular formula is C22H22Cl2N4O3. The molecule has 0 saturated carbocycles. The molecule has 1 atom stereocenters. The lowest BCUT2D eigenvalue weighted by atomic mass is 10.1. The van der Waals surface area contributed by atoms with Crippen LogP contribution in [0, 0.1) is 0 Å². The van der Waals surface area contributed by atoms with Crippen molar-refractivity contribution >= 4 is 29.2 Å². The monoisotopic (exact) mass is 460 g/mol. The van der Waals surface area contributed by atoms with Gasteiger partial charge in [0, 0.05) is 53.3 Å². The minimum atomic E-state index is -0.623. The van der Waals surface area contributed by atoms with E-state index in [-0.39, 0.29) is 18.2 Å². The van der Waals surface area contributed by atoms with Gasteiger partial charge in [0.25, 0.3) is 5.56 Å². The molecule has 1 fully saturated rings. The van der Waals surface area contributed by atoms with E-state index in [0.29, 0.717) is 32.8 Å². The van der Waals surface area contributed by atoms with Crippen LogP contribution < -0.4 is 10.9 Å². The van der Waals surface area contributed by atoms with Crippen molar-refractivity contribution in [2.45, 2.75) is 24.9 Å². The summed E-state index contributed by atoms with van der Waals surface area (Å²) in [7, 11) is 0. The summed E-state index contributed by atoms with van der Waals surface area (Å²) in [5.41, 5.74) is 1.64. The van der Waals surface area contributed by atoms with Crippen molar-refractivity contribution in [2.75, 3.05) is 25.1 Å². The number of hydrogen-bond acceptors (Lipinski definition) is 6. The molecule has 9 heteroatoms. The van der Waals surface area contributed by atoms with Gasteiger partial charge in [-0.2, -0.15) is 0 Å². The number of halogens is 2. The highest BCUT2D eigenvalue weighted by atomic mass is 35.5. The van der Waals surface area contributed by atoms with Crippen LogP contribution in [-0.4, -0.2) is 45.5 Å². The largest absolute Gasteiger partial charge is 0.394 e. The summed E-state index contributed by atoms with van der Waals surface area (Å²) in [5.74, 6) is 0.523. The maximum Gasteiger partial charge on any atom is 0.251 e. The summed E-state index contributed by atoms with van der Waals surface area (Å²) in [6.45, 7) is 1.16. The number of benzene rings is 1. The Labute approximate surface area is 189 Å². The molecule has 0 radical (unpaired) electrons. The van der Waals surface area contributed by atoms with Gasteiger partial charge in [-0.25, -0.2) is 9.97 Å². The zero-order valence-corrected chi connectivity index (χ0v) is 18.2. The average molecular weight is 461 g/mol. The van der Waals surface area contributed by atoms with Crippen LogP contribution in [-0.2, 0) is 4.74 Å². The first-order valence-corrected chi connectivity index (χ1v) is 10.8. The van der Waals surface area contributed by atoms with Crippen molar-refractivity contribution < 1.29 is 9.84 Å². The molecule has 0 spiro atoms. The van der Waals surface area contributed by atoms with E-state index < -0.39 is 6.04 Å². The standard InChI is InChI=1S/C22H22Cl2N4O3/c23-15-1-2-17(18(24)12-15)20(13-29)28-8-4-14(11-21(28)30)19-3-7-25-22(27-19)26-16-5-9-31-10-6-16/h1-4,7-8,11-12,16,20,29H,5-6,9-10,13H2,(H,25,26,27)/t20-/m1/s1. The summed E-state index contributed by atoms with van der Waals surface area (Å²) in [4.78, 5) is 21.7. The quantitative estimate of drug-likeness (QED) is 0.581. The van der Waals surface area contributed by atoms with E-state index in [0.717, 1.165) is 26.1 Å². The molecule has 1 aliphatic heterocycles. The Kier molecular flexibility index (Phi) is 6.87. The van der Waals surface area contributed by atoms with E-state index in [9.17, 15) is 9.90 Å². The summed E-state index contributed by atoms with van der Waals surface area (Å²) in [6, 6.07) is 9.67. The molecule has 4 rings (SSSR count). The minimum absolute atomic E-state index is 0.270. The number of aliphatic hydroxyl groups excluding tert-OH is 1. The van der Waals surface area contributed by atoms with Crippen LogP contribution in [0.2, 0.25) is 10.0 Å². The van der Waals surface area contributed by atoms with Crippen LogP contribution in [0.5, 0.6) is 0 Å². The van der Waals surface area contributed by atoms with Crippen LogP contribution in [0.15, 0.2) is 53.6 Å². The maximum absolute atomic E-state index is 12.9. The van der Waals surface area contributed by atoms with E-state index in [2.05, 4.69) is 15.3 Å². The van der Waals surface area contributed by atoms with Crippen LogP contribution in [0.3, 0.4) is 0 Å². The zero-order valence-electron chi connectivity index (χ0n) is 16.7. The third-order valence-electron chi connectivity index (χ3n) is 5.28. The minimum Gasteiger partial charge on any atom is -0.394 e. The molecule has 31 heavy (non-hydrogen) atoms. The third kappa shape index (κ3) is 5.07. The Morgan fingerprint density at radius 1 is 1.19 bits per heavy atom. The Balaban J connectivity index is 1.60. The van der Waals surface area contributed by atoms with Crippen LogP contribution in [0.4, 0.5) is 5.95 Å². The second-order valence-electron chi connectivity index (χ2n) is 7.32. The molecule has 162 valence electrons. The average Bonchev–Trinajstić information content (AvgIpc) is 2.77. The van der Waals surface area contributed by atoms with Crippen molar-refractivity contribution in [3.63, 3.8) is 0 Å². The smallest absolute Gasteiger partial charge is 0.251 e. The number of hydrogen-bond donors (Lipinski definition) is 2. The highest BCUT2D eigenvalue weighted by molar-refractivity contribution is 6.35. The highest BCUT2D eigenvalue weighted by Gasteiger charge is 2.18. The van der Waals surface area contributed by atoms with Gasteiger partial charge in [0.15, 0.2) is 0 Å². The summed E-state index contributed by atoms with van der Waals surface area (Å²) in [6.07, 6.45) is 5.11. The predicted molar refractivity (Wildman–Crippen MR) is 121 cm³/mol. The normalized spacial score (nSPS) is 15.6. The number of rotatable bonds is 6. The second-order valence-corrected chi connectivity index (χ2v) is 8.17. The van der Waals surface area contributed by atoms with Gasteiger partial charge in [-0.05, 0) is 42.7 Å². The summed E-state index contributed by atoms with van der Waals surface area (Å²) in [5, 5.41) is 14.2. The molecule has 0 aliphatic carbocycles. The SMILES string of the molecule is O=c1cc(-c2ccnc(NC3CCOCC3)n2)ccn1[C@H](CO)c1ccc(Cl)cc1Cl. The maximum atomic E-state index is 12.9. The Hall–Kier alpha value is -2.45. The van der Waals surface area contributed by atoms with E-state index >= 15 is 0 Å². The van der Waals surface area contributed by atoms with Gasteiger partial charge in [0.2, 0.25) is 5.95 Å². The molecule has 1 aromatic carbocycles. The molecule has 2 N–H and O–H groups in total. The van der Waals surface area contributed by atoms with Gasteiger partial charge in [-0.15, -0.1) is 0 Å². The van der Waals surface area contributed by atoms with Crippen molar-refractivity contribution in [3.8, 4) is 11.3 Å². The van der Waals surface area contributed by atoms with Gasteiger partial charge in [-0.1, -0.05) is 29.3 Å². The first-order chi connectivity index (χ1) is 15.0. The van der Waals surface area contributed by atoms with Crippen LogP contribution in [0.25, 0.3) is 11.3 Å². The molecular weight excluding hydrogens is 439 g/mol. The number of ether oxygens (including phenoxy) is 1. The zero-order chi connectivity index (χ0) is 21.8. The number of nitrogens with one attached hydrogen (secondary N) is 1. The van der Waals surface area contributed by atoms with E-state index in [4.69, 9.17) is 27.9 Å². The van der Waals surface area contributed by atoms with Crippen molar-refractivity contribution in [1.82, 2.24) is 14.5 Å². The highest BCUT2D eigenvalue weighted by Crippen LogP contribution is 2.28. The Morgan fingerprint density at radius 3 is 2.71 bits per heavy atom. The van der Waals surface area contributed by atoms with Gasteiger partial charge in [0.1, 0.15) is 0 Å². The van der Waals surface area contributed by atoms with Gasteiger partial charge >= 0.3 is 0 Å². The van der Waals surface area contributed by atoms with Crippen molar-refractivity contribution in [2.24, 2.45) is 0 Å². The van der Waals surface area contributed by atoms with Crippen LogP contribution in [0.1, 0.15) is 24.4 Å². The number of pyridine rings is 1. The van der Waals surface area contributed by atoms with Gasteiger partial charge in [0.05, 0.1) is 18.3 Å². The summed E-state index contributed by atoms with van der Waals surface area (Å²) >= 11 is 12.3. The first-order valence-electron chi connectivity index (χ1n) is 10.0. The number of nitrogens with zero attached hydrogens (tertiary/aromatic N) is 3. The molecule has 7 nitrogen and oxygen atoms in total. The van der Waals surface area contributed by atoms with Crippen LogP contribution >= 0.6 is 23.2 Å². The molecule has 0 bridgehead atoms. The fourth-order valence-electron chi connectivity index (χ4n) is 3.63. The van der Waals surface area contributed by atoms with Crippen molar-refractivity contribution in [1.29, 1.82) is 0 Å². The lowest BCUT2D eigenvalue weighted by molar-refractivity contribution is 0.0903. The van der Waals surface area contributed by atoms with E-state index in [1.807, 2.05) is 0 Å². The molecule has 3 heterocycles. The molecule has 2 aromatic heterocycles. The number of aromatic nitrogens is 3. The Bertz CT molecular complexity index is 1120. The molecule has 3 aromatic rings. The van der Waals surface area contributed by atoms with E-state index in [1.54, 1.807) is 42.7 Å². The first kappa shape index (κ1) is 21.8. The topological polar surface area (TPSA) is 89.3 Å². The lowest BCUT2D eigenvalue weighted by Gasteiger charge is -2.23. The van der Waals surface area contributed by atoms with Gasteiger partial charge in [-0.3, -0.25) is 4.79 Å². The predicted octanol–water partition coefficient (Wildman–Crippen LogP) is 3.78. The number of aliphatic hydroxyl groups is 1. The number of anilines is 1. The van der Waals surface area contributed by atoms with Crippen molar-refractivity contribution in [3.05, 3.63) is 74.8 Å². The Morgan fingerprint density at radius 2 is 2.00 bits per heavy atom. The molecule has 0 amide bonds. The van der Waals surface area contributed by atoms with E-state index in [1.165, 1.54) is 10.6 Å². The fourth-order valence-corrected chi connectivity index (χ4v) is 4.16. The molecule has 1 saturated heterocycles. The molecule has 0 unspecified atom stereocenters. The molecule has 1 aliphatic rings. The lowest BCUT2D eigenvalue weighted by Crippen LogP contribution is -2.28.